The fraction of sp³-hybridized carbons (Fsp3) is 0.786. The first-order valence-corrected chi connectivity index (χ1v) is 8.56. The molecule has 5 heteroatoms. The first-order chi connectivity index (χ1) is 9.15. The van der Waals surface area contributed by atoms with Crippen LogP contribution >= 0.6 is 11.8 Å². The second-order valence-electron chi connectivity index (χ2n) is 5.44. The lowest BCUT2D eigenvalue weighted by Gasteiger charge is -2.29. The van der Waals surface area contributed by atoms with E-state index in [0.717, 1.165) is 35.4 Å². The number of aromatic nitrogens is 2. The van der Waals surface area contributed by atoms with E-state index in [1.54, 1.807) is 0 Å². The standard InChI is InChI=1S/C14H26N4S/c1-4-8-18-14(13(15)10(2)17-18)16-11-6-5-7-12(9-11)19-3/h11-12,16H,4-9,15H2,1-3H3. The summed E-state index contributed by atoms with van der Waals surface area (Å²) in [6.45, 7) is 5.08. The molecule has 4 nitrogen and oxygen atoms in total. The molecule has 1 aromatic heterocycles. The van der Waals surface area contributed by atoms with Gasteiger partial charge in [0.15, 0.2) is 0 Å². The number of anilines is 2. The Morgan fingerprint density at radius 3 is 2.95 bits per heavy atom. The molecule has 3 N–H and O–H groups in total. The van der Waals surface area contributed by atoms with Gasteiger partial charge in [0.25, 0.3) is 0 Å². The maximum absolute atomic E-state index is 6.17. The lowest BCUT2D eigenvalue weighted by molar-refractivity contribution is 0.468. The highest BCUT2D eigenvalue weighted by Crippen LogP contribution is 2.31. The van der Waals surface area contributed by atoms with Gasteiger partial charge >= 0.3 is 0 Å². The molecular weight excluding hydrogens is 256 g/mol. The van der Waals surface area contributed by atoms with Crippen LogP contribution in [0.25, 0.3) is 0 Å². The van der Waals surface area contributed by atoms with Crippen molar-refractivity contribution in [2.75, 3.05) is 17.3 Å². The molecule has 1 aliphatic rings. The molecule has 1 aliphatic carbocycles. The van der Waals surface area contributed by atoms with Gasteiger partial charge in [-0.3, -0.25) is 0 Å². The topological polar surface area (TPSA) is 55.9 Å². The van der Waals surface area contributed by atoms with Crippen molar-refractivity contribution in [3.8, 4) is 0 Å². The van der Waals surface area contributed by atoms with Crippen molar-refractivity contribution in [1.29, 1.82) is 0 Å². The highest BCUT2D eigenvalue weighted by molar-refractivity contribution is 7.99. The predicted molar refractivity (Wildman–Crippen MR) is 84.8 cm³/mol. The molecule has 19 heavy (non-hydrogen) atoms. The van der Waals surface area contributed by atoms with Crippen LogP contribution in [0.15, 0.2) is 0 Å². The normalized spacial score (nSPS) is 23.5. The summed E-state index contributed by atoms with van der Waals surface area (Å²) in [5.74, 6) is 1.03. The Morgan fingerprint density at radius 2 is 2.26 bits per heavy atom. The van der Waals surface area contributed by atoms with Crippen LogP contribution in [0.1, 0.15) is 44.7 Å². The Kier molecular flexibility index (Phi) is 5.02. The number of hydrogen-bond acceptors (Lipinski definition) is 4. The first-order valence-electron chi connectivity index (χ1n) is 7.27. The van der Waals surface area contributed by atoms with Crippen molar-refractivity contribution in [1.82, 2.24) is 9.78 Å². The number of nitrogens with one attached hydrogen (secondary N) is 1. The summed E-state index contributed by atoms with van der Waals surface area (Å²) in [7, 11) is 0. The molecule has 0 radical (unpaired) electrons. The van der Waals surface area contributed by atoms with Crippen molar-refractivity contribution in [3.05, 3.63) is 5.69 Å². The van der Waals surface area contributed by atoms with Gasteiger partial charge in [-0.2, -0.15) is 16.9 Å². The molecule has 0 bridgehead atoms. The van der Waals surface area contributed by atoms with E-state index >= 15 is 0 Å². The molecule has 0 aromatic carbocycles. The number of nitrogen functional groups attached to an aromatic ring is 1. The maximum Gasteiger partial charge on any atom is 0.148 e. The number of nitrogens with two attached hydrogens (primary N) is 1. The zero-order chi connectivity index (χ0) is 13.8. The smallest absolute Gasteiger partial charge is 0.148 e. The summed E-state index contributed by atoms with van der Waals surface area (Å²) >= 11 is 1.99. The van der Waals surface area contributed by atoms with Crippen LogP contribution in [0, 0.1) is 6.92 Å². The van der Waals surface area contributed by atoms with Gasteiger partial charge in [-0.15, -0.1) is 0 Å². The minimum atomic E-state index is 0.542. The SMILES string of the molecule is CCCn1nc(C)c(N)c1NC1CCCC(SC)C1. The zero-order valence-electron chi connectivity index (χ0n) is 12.3. The molecule has 2 rings (SSSR count). The van der Waals surface area contributed by atoms with E-state index in [2.05, 4.69) is 23.6 Å². The van der Waals surface area contributed by atoms with Gasteiger partial charge in [0.2, 0.25) is 0 Å². The summed E-state index contributed by atoms with van der Waals surface area (Å²) in [6.07, 6.45) is 8.43. The van der Waals surface area contributed by atoms with Gasteiger partial charge in [-0.25, -0.2) is 4.68 Å². The molecule has 1 saturated carbocycles. The van der Waals surface area contributed by atoms with E-state index in [9.17, 15) is 0 Å². The molecule has 2 atom stereocenters. The Hall–Kier alpha value is -0.840. The minimum absolute atomic E-state index is 0.542. The summed E-state index contributed by atoms with van der Waals surface area (Å²) < 4.78 is 2.04. The molecule has 2 unspecified atom stereocenters. The summed E-state index contributed by atoms with van der Waals surface area (Å²) in [6, 6.07) is 0.542. The number of aryl methyl sites for hydroxylation is 2. The Labute approximate surface area is 120 Å². The predicted octanol–water partition coefficient (Wildman–Crippen LogP) is 3.27. The molecule has 0 aliphatic heterocycles. The molecule has 0 saturated heterocycles. The third-order valence-corrected chi connectivity index (χ3v) is 5.00. The Morgan fingerprint density at radius 1 is 1.47 bits per heavy atom. The van der Waals surface area contributed by atoms with E-state index in [-0.39, 0.29) is 0 Å². The zero-order valence-corrected chi connectivity index (χ0v) is 13.1. The molecule has 1 fully saturated rings. The minimum Gasteiger partial charge on any atom is -0.394 e. The van der Waals surface area contributed by atoms with Crippen LogP contribution < -0.4 is 11.1 Å². The van der Waals surface area contributed by atoms with Crippen LogP contribution in [0.3, 0.4) is 0 Å². The maximum atomic E-state index is 6.17. The lowest BCUT2D eigenvalue weighted by Crippen LogP contribution is -2.29. The van der Waals surface area contributed by atoms with Crippen LogP contribution in [-0.4, -0.2) is 27.3 Å². The fourth-order valence-corrected chi connectivity index (χ4v) is 3.63. The second-order valence-corrected chi connectivity index (χ2v) is 6.57. The van der Waals surface area contributed by atoms with Crippen molar-refractivity contribution < 1.29 is 0 Å². The van der Waals surface area contributed by atoms with E-state index in [1.165, 1.54) is 25.7 Å². The quantitative estimate of drug-likeness (QED) is 0.870. The number of nitrogens with zero attached hydrogens (tertiary/aromatic N) is 2. The van der Waals surface area contributed by atoms with Crippen LogP contribution in [0.4, 0.5) is 11.5 Å². The van der Waals surface area contributed by atoms with Crippen LogP contribution in [0.2, 0.25) is 0 Å². The van der Waals surface area contributed by atoms with E-state index in [0.29, 0.717) is 6.04 Å². The van der Waals surface area contributed by atoms with Gasteiger partial charge in [0.05, 0.1) is 11.4 Å². The van der Waals surface area contributed by atoms with Crippen molar-refractivity contribution in [2.45, 2.75) is 63.8 Å². The van der Waals surface area contributed by atoms with Crippen molar-refractivity contribution >= 4 is 23.3 Å². The summed E-state index contributed by atoms with van der Waals surface area (Å²) in [4.78, 5) is 0. The Balaban J connectivity index is 2.09. The van der Waals surface area contributed by atoms with Gasteiger partial charge in [0.1, 0.15) is 5.82 Å². The van der Waals surface area contributed by atoms with Gasteiger partial charge in [-0.1, -0.05) is 13.3 Å². The summed E-state index contributed by atoms with van der Waals surface area (Å²) in [5, 5.41) is 8.97. The number of thioether (sulfide) groups is 1. The van der Waals surface area contributed by atoms with Crippen LogP contribution in [-0.2, 0) is 6.54 Å². The van der Waals surface area contributed by atoms with E-state index in [1.807, 2.05) is 23.4 Å². The molecular formula is C14H26N4S. The van der Waals surface area contributed by atoms with E-state index < -0.39 is 0 Å². The van der Waals surface area contributed by atoms with Crippen molar-refractivity contribution in [3.63, 3.8) is 0 Å². The highest BCUT2D eigenvalue weighted by atomic mass is 32.2. The molecule has 1 heterocycles. The first kappa shape index (κ1) is 14.6. The third kappa shape index (κ3) is 3.38. The average molecular weight is 282 g/mol. The number of hydrogen-bond donors (Lipinski definition) is 2. The van der Waals surface area contributed by atoms with Gasteiger partial charge in [0, 0.05) is 17.8 Å². The average Bonchev–Trinajstić information content (AvgIpc) is 2.67. The monoisotopic (exact) mass is 282 g/mol. The van der Waals surface area contributed by atoms with Gasteiger partial charge in [-0.05, 0) is 38.9 Å². The molecule has 108 valence electrons. The highest BCUT2D eigenvalue weighted by Gasteiger charge is 2.23. The number of rotatable bonds is 5. The lowest BCUT2D eigenvalue weighted by atomic mass is 9.95. The third-order valence-electron chi connectivity index (χ3n) is 3.91. The van der Waals surface area contributed by atoms with Gasteiger partial charge < -0.3 is 11.1 Å². The molecule has 0 amide bonds. The second kappa shape index (κ2) is 6.55. The molecule has 0 spiro atoms. The largest absolute Gasteiger partial charge is 0.394 e. The van der Waals surface area contributed by atoms with E-state index in [4.69, 9.17) is 5.73 Å². The van der Waals surface area contributed by atoms with Crippen LogP contribution in [0.5, 0.6) is 0 Å². The Bertz CT molecular complexity index is 416. The molecule has 1 aromatic rings. The van der Waals surface area contributed by atoms with Crippen molar-refractivity contribution in [2.24, 2.45) is 0 Å². The fourth-order valence-electron chi connectivity index (χ4n) is 2.80. The summed E-state index contributed by atoms with van der Waals surface area (Å²) in [5.41, 5.74) is 7.92.